The number of rotatable bonds is 7. The lowest BCUT2D eigenvalue weighted by molar-refractivity contribution is 0.199. The number of aliphatic hydroxyl groups excluding tert-OH is 1. The van der Waals surface area contributed by atoms with Gasteiger partial charge in [-0.2, -0.15) is 0 Å². The SMILES string of the molecule is CC(O)c1ccc(SCCCCc2ccccc2)cc1. The van der Waals surface area contributed by atoms with Gasteiger partial charge in [-0.25, -0.2) is 0 Å². The van der Waals surface area contributed by atoms with Gasteiger partial charge in [0.25, 0.3) is 0 Å². The van der Waals surface area contributed by atoms with Gasteiger partial charge >= 0.3 is 0 Å². The van der Waals surface area contributed by atoms with Crippen LogP contribution in [0.15, 0.2) is 59.5 Å². The minimum absolute atomic E-state index is 0.375. The summed E-state index contributed by atoms with van der Waals surface area (Å²) in [6, 6.07) is 18.9. The molecule has 0 radical (unpaired) electrons. The van der Waals surface area contributed by atoms with Crippen LogP contribution in [0.25, 0.3) is 0 Å². The molecule has 0 amide bonds. The molecule has 1 atom stereocenters. The van der Waals surface area contributed by atoms with E-state index in [1.807, 2.05) is 23.9 Å². The molecular weight excluding hydrogens is 264 g/mol. The zero-order valence-electron chi connectivity index (χ0n) is 12.0. The molecule has 2 aromatic carbocycles. The third-order valence-electron chi connectivity index (χ3n) is 3.33. The minimum Gasteiger partial charge on any atom is -0.389 e. The molecule has 0 heterocycles. The Labute approximate surface area is 126 Å². The molecule has 1 nitrogen and oxygen atoms in total. The topological polar surface area (TPSA) is 20.2 Å². The smallest absolute Gasteiger partial charge is 0.0761 e. The Morgan fingerprint density at radius 2 is 1.65 bits per heavy atom. The number of thioether (sulfide) groups is 1. The molecule has 1 N–H and O–H groups in total. The summed E-state index contributed by atoms with van der Waals surface area (Å²) >= 11 is 1.89. The third-order valence-corrected chi connectivity index (χ3v) is 4.43. The standard InChI is InChI=1S/C18H22OS/c1-15(19)17-10-12-18(13-11-17)20-14-6-5-9-16-7-3-2-4-8-16/h2-4,7-8,10-13,15,19H,5-6,9,14H2,1H3. The molecule has 0 aromatic heterocycles. The second kappa shape index (κ2) is 8.13. The van der Waals surface area contributed by atoms with Crippen LogP contribution < -0.4 is 0 Å². The van der Waals surface area contributed by atoms with Crippen LogP contribution in [-0.2, 0) is 6.42 Å². The summed E-state index contributed by atoms with van der Waals surface area (Å²) in [7, 11) is 0. The van der Waals surface area contributed by atoms with Crippen LogP contribution in [0, 0.1) is 0 Å². The van der Waals surface area contributed by atoms with E-state index in [2.05, 4.69) is 42.5 Å². The van der Waals surface area contributed by atoms with Crippen molar-refractivity contribution in [1.82, 2.24) is 0 Å². The molecule has 0 aliphatic rings. The molecule has 1 unspecified atom stereocenters. The Bertz CT molecular complexity index is 491. The van der Waals surface area contributed by atoms with Crippen molar-refractivity contribution in [3.63, 3.8) is 0 Å². The third kappa shape index (κ3) is 5.03. The molecule has 0 spiro atoms. The highest BCUT2D eigenvalue weighted by Crippen LogP contribution is 2.22. The van der Waals surface area contributed by atoms with Crippen molar-refractivity contribution in [2.75, 3.05) is 5.75 Å². The monoisotopic (exact) mass is 286 g/mol. The molecule has 2 rings (SSSR count). The van der Waals surface area contributed by atoms with Gasteiger partial charge in [0.1, 0.15) is 0 Å². The second-order valence-corrected chi connectivity index (χ2v) is 6.20. The van der Waals surface area contributed by atoms with Gasteiger partial charge in [-0.1, -0.05) is 42.5 Å². The van der Waals surface area contributed by atoms with Crippen molar-refractivity contribution in [2.24, 2.45) is 0 Å². The quantitative estimate of drug-likeness (QED) is 0.579. The van der Waals surface area contributed by atoms with Gasteiger partial charge in [0.15, 0.2) is 0 Å². The molecule has 20 heavy (non-hydrogen) atoms. The Morgan fingerprint density at radius 1 is 0.950 bits per heavy atom. The summed E-state index contributed by atoms with van der Waals surface area (Å²) < 4.78 is 0. The molecule has 0 saturated carbocycles. The minimum atomic E-state index is -0.375. The zero-order valence-corrected chi connectivity index (χ0v) is 12.8. The van der Waals surface area contributed by atoms with Gasteiger partial charge in [0, 0.05) is 4.90 Å². The van der Waals surface area contributed by atoms with Crippen LogP contribution in [0.1, 0.15) is 37.0 Å². The first-order chi connectivity index (χ1) is 9.75. The van der Waals surface area contributed by atoms with Gasteiger partial charge in [-0.3, -0.25) is 0 Å². The van der Waals surface area contributed by atoms with Crippen LogP contribution in [0.4, 0.5) is 0 Å². The van der Waals surface area contributed by atoms with Crippen LogP contribution in [-0.4, -0.2) is 10.9 Å². The summed E-state index contributed by atoms with van der Waals surface area (Å²) in [6.07, 6.45) is 3.27. The summed E-state index contributed by atoms with van der Waals surface area (Å²) in [5, 5.41) is 9.46. The predicted molar refractivity (Wildman–Crippen MR) is 87.2 cm³/mol. The highest BCUT2D eigenvalue weighted by molar-refractivity contribution is 7.99. The van der Waals surface area contributed by atoms with Crippen LogP contribution in [0.3, 0.4) is 0 Å². The van der Waals surface area contributed by atoms with E-state index >= 15 is 0 Å². The van der Waals surface area contributed by atoms with Crippen molar-refractivity contribution in [3.8, 4) is 0 Å². The molecule has 0 aliphatic heterocycles. The number of aryl methyl sites for hydroxylation is 1. The number of aliphatic hydroxyl groups is 1. The van der Waals surface area contributed by atoms with Gasteiger partial charge < -0.3 is 5.11 Å². The predicted octanol–water partition coefficient (Wildman–Crippen LogP) is 4.85. The van der Waals surface area contributed by atoms with Crippen LogP contribution >= 0.6 is 11.8 Å². The highest BCUT2D eigenvalue weighted by Gasteiger charge is 2.00. The fraction of sp³-hybridized carbons (Fsp3) is 0.333. The van der Waals surface area contributed by atoms with Gasteiger partial charge in [-0.05, 0) is 55.2 Å². The fourth-order valence-corrected chi connectivity index (χ4v) is 3.02. The van der Waals surface area contributed by atoms with Crippen molar-refractivity contribution in [2.45, 2.75) is 37.2 Å². The first kappa shape index (κ1) is 15.1. The van der Waals surface area contributed by atoms with Crippen molar-refractivity contribution >= 4 is 11.8 Å². The summed E-state index contributed by atoms with van der Waals surface area (Å²) in [5.41, 5.74) is 2.41. The first-order valence-corrected chi connectivity index (χ1v) is 8.19. The Morgan fingerprint density at radius 3 is 2.30 bits per heavy atom. The van der Waals surface area contributed by atoms with E-state index in [4.69, 9.17) is 0 Å². The van der Waals surface area contributed by atoms with E-state index in [0.29, 0.717) is 0 Å². The second-order valence-electron chi connectivity index (χ2n) is 5.04. The summed E-state index contributed by atoms with van der Waals surface area (Å²) in [5.74, 6) is 1.15. The van der Waals surface area contributed by atoms with Crippen molar-refractivity contribution in [1.29, 1.82) is 0 Å². The van der Waals surface area contributed by atoms with Crippen molar-refractivity contribution in [3.05, 3.63) is 65.7 Å². The Hall–Kier alpha value is -1.25. The molecule has 0 aliphatic carbocycles. The largest absolute Gasteiger partial charge is 0.389 e. The molecular formula is C18H22OS. The van der Waals surface area contributed by atoms with Gasteiger partial charge in [0.2, 0.25) is 0 Å². The summed E-state index contributed by atoms with van der Waals surface area (Å²) in [4.78, 5) is 1.29. The molecule has 2 aromatic rings. The number of hydrogen-bond acceptors (Lipinski definition) is 2. The van der Waals surface area contributed by atoms with E-state index in [-0.39, 0.29) is 6.10 Å². The van der Waals surface area contributed by atoms with E-state index < -0.39 is 0 Å². The molecule has 0 saturated heterocycles. The number of benzene rings is 2. The number of unbranched alkanes of at least 4 members (excludes halogenated alkanes) is 1. The van der Waals surface area contributed by atoms with E-state index in [9.17, 15) is 5.11 Å². The summed E-state index contributed by atoms with van der Waals surface area (Å²) in [6.45, 7) is 1.80. The Kier molecular flexibility index (Phi) is 6.16. The Balaban J connectivity index is 1.66. The first-order valence-electron chi connectivity index (χ1n) is 7.20. The van der Waals surface area contributed by atoms with Crippen molar-refractivity contribution < 1.29 is 5.11 Å². The maximum Gasteiger partial charge on any atom is 0.0761 e. The zero-order chi connectivity index (χ0) is 14.2. The lowest BCUT2D eigenvalue weighted by Gasteiger charge is -2.06. The van der Waals surface area contributed by atoms with Gasteiger partial charge in [-0.15, -0.1) is 11.8 Å². The lowest BCUT2D eigenvalue weighted by atomic mass is 10.1. The number of hydrogen-bond donors (Lipinski definition) is 1. The van der Waals surface area contributed by atoms with E-state index in [1.165, 1.54) is 29.7 Å². The molecule has 2 heteroatoms. The van der Waals surface area contributed by atoms with E-state index in [1.54, 1.807) is 6.92 Å². The lowest BCUT2D eigenvalue weighted by Crippen LogP contribution is -1.90. The molecule has 0 bridgehead atoms. The van der Waals surface area contributed by atoms with Crippen LogP contribution in [0.5, 0.6) is 0 Å². The average Bonchev–Trinajstić information content (AvgIpc) is 2.48. The average molecular weight is 286 g/mol. The van der Waals surface area contributed by atoms with E-state index in [0.717, 1.165) is 11.3 Å². The van der Waals surface area contributed by atoms with Crippen LogP contribution in [0.2, 0.25) is 0 Å². The maximum absolute atomic E-state index is 9.46. The molecule has 0 fully saturated rings. The highest BCUT2D eigenvalue weighted by atomic mass is 32.2. The molecule has 106 valence electrons. The maximum atomic E-state index is 9.46. The normalized spacial score (nSPS) is 12.3. The van der Waals surface area contributed by atoms with Gasteiger partial charge in [0.05, 0.1) is 6.10 Å². The fourth-order valence-electron chi connectivity index (χ4n) is 2.11.